The zero-order valence-electron chi connectivity index (χ0n) is 23.3. The summed E-state index contributed by atoms with van der Waals surface area (Å²) >= 11 is 0. The summed E-state index contributed by atoms with van der Waals surface area (Å²) in [5.74, 6) is -2.04. The van der Waals surface area contributed by atoms with Crippen LogP contribution in [-0.2, 0) is 30.3 Å². The minimum atomic E-state index is -1.19. The molecule has 1 aromatic heterocycles. The first kappa shape index (κ1) is 29.3. The summed E-state index contributed by atoms with van der Waals surface area (Å²) < 4.78 is 10.8. The SMILES string of the molecule is CC(C)(C)OC(=O)Nc1ccc(CC(=O)N(CCC(=O)OCC2c3ccccc3-c3ccccc32)CC(=O)O)cn1. The van der Waals surface area contributed by atoms with Crippen LogP contribution in [0.4, 0.5) is 10.6 Å². The Morgan fingerprint density at radius 1 is 0.951 bits per heavy atom. The molecule has 0 radical (unpaired) electrons. The molecule has 0 saturated heterocycles. The van der Waals surface area contributed by atoms with E-state index in [9.17, 15) is 24.3 Å². The Hall–Kier alpha value is -4.73. The van der Waals surface area contributed by atoms with Gasteiger partial charge < -0.3 is 19.5 Å². The van der Waals surface area contributed by atoms with E-state index in [0.29, 0.717) is 5.56 Å². The number of esters is 1. The number of carbonyl (C=O) groups is 4. The first-order valence-electron chi connectivity index (χ1n) is 13.3. The molecule has 0 unspecified atom stereocenters. The molecule has 2 aromatic carbocycles. The number of carboxylic acid groups (broad SMARTS) is 1. The Morgan fingerprint density at radius 2 is 1.59 bits per heavy atom. The third-order valence-electron chi connectivity index (χ3n) is 6.45. The number of rotatable bonds is 10. The van der Waals surface area contributed by atoms with Gasteiger partial charge in [0.1, 0.15) is 24.6 Å². The van der Waals surface area contributed by atoms with Gasteiger partial charge in [0, 0.05) is 18.7 Å². The number of fused-ring (bicyclic) bond motifs is 3. The number of pyridine rings is 1. The molecule has 4 rings (SSSR count). The van der Waals surface area contributed by atoms with Crippen LogP contribution in [0.3, 0.4) is 0 Å². The topological polar surface area (TPSA) is 135 Å². The number of ether oxygens (including phenoxy) is 2. The van der Waals surface area contributed by atoms with Crippen molar-refractivity contribution in [2.75, 3.05) is 25.0 Å². The summed E-state index contributed by atoms with van der Waals surface area (Å²) in [5, 5.41) is 11.8. The van der Waals surface area contributed by atoms with Gasteiger partial charge in [-0.15, -0.1) is 0 Å². The van der Waals surface area contributed by atoms with Gasteiger partial charge in [0.05, 0.1) is 12.8 Å². The van der Waals surface area contributed by atoms with Crippen molar-refractivity contribution in [2.24, 2.45) is 0 Å². The highest BCUT2D eigenvalue weighted by atomic mass is 16.6. The normalized spacial score (nSPS) is 12.2. The van der Waals surface area contributed by atoms with Gasteiger partial charge in [0.2, 0.25) is 5.91 Å². The van der Waals surface area contributed by atoms with Gasteiger partial charge >= 0.3 is 18.0 Å². The molecule has 2 N–H and O–H groups in total. The number of hydrogen-bond acceptors (Lipinski definition) is 7. The van der Waals surface area contributed by atoms with Crippen LogP contribution in [0.1, 0.15) is 49.8 Å². The number of benzene rings is 2. The molecule has 1 heterocycles. The van der Waals surface area contributed by atoms with E-state index in [4.69, 9.17) is 9.47 Å². The first-order valence-corrected chi connectivity index (χ1v) is 13.3. The van der Waals surface area contributed by atoms with Gasteiger partial charge in [-0.05, 0) is 54.7 Å². The van der Waals surface area contributed by atoms with Crippen LogP contribution < -0.4 is 5.32 Å². The molecule has 0 bridgehead atoms. The molecular formula is C31H33N3O7. The van der Waals surface area contributed by atoms with Crippen LogP contribution in [0, 0.1) is 0 Å². The highest BCUT2D eigenvalue weighted by Crippen LogP contribution is 2.44. The molecule has 0 saturated carbocycles. The summed E-state index contributed by atoms with van der Waals surface area (Å²) in [4.78, 5) is 54.1. The van der Waals surface area contributed by atoms with Gasteiger partial charge in [0.15, 0.2) is 0 Å². The lowest BCUT2D eigenvalue weighted by molar-refractivity contribution is -0.148. The third-order valence-corrected chi connectivity index (χ3v) is 6.45. The quantitative estimate of drug-likeness (QED) is 0.343. The number of carboxylic acids is 1. The van der Waals surface area contributed by atoms with E-state index in [2.05, 4.69) is 10.3 Å². The molecule has 3 aromatic rings. The molecule has 10 heteroatoms. The number of anilines is 1. The predicted octanol–water partition coefficient (Wildman–Crippen LogP) is 4.63. The standard InChI is InChI=1S/C31H33N3O7/c1-31(2,3)41-30(39)33-26-13-12-20(17-32-26)16-27(35)34(18-28(36)37)15-14-29(38)40-19-25-23-10-6-4-8-21(23)22-9-5-7-11-24(22)25/h4-13,17,25H,14-16,18-19H2,1-3H3,(H,36,37)(H,32,33,39). The second kappa shape index (κ2) is 12.6. The maximum Gasteiger partial charge on any atom is 0.413 e. The monoisotopic (exact) mass is 559 g/mol. The van der Waals surface area contributed by atoms with E-state index >= 15 is 0 Å². The molecule has 2 amide bonds. The molecule has 41 heavy (non-hydrogen) atoms. The minimum absolute atomic E-state index is 0.0941. The molecule has 0 aliphatic heterocycles. The lowest BCUT2D eigenvalue weighted by Crippen LogP contribution is -2.38. The minimum Gasteiger partial charge on any atom is -0.480 e. The Bertz CT molecular complexity index is 1380. The average molecular weight is 560 g/mol. The lowest BCUT2D eigenvalue weighted by Gasteiger charge is -2.21. The maximum atomic E-state index is 12.9. The van der Waals surface area contributed by atoms with Gasteiger partial charge in [-0.2, -0.15) is 0 Å². The fourth-order valence-electron chi connectivity index (χ4n) is 4.67. The lowest BCUT2D eigenvalue weighted by atomic mass is 9.98. The van der Waals surface area contributed by atoms with E-state index in [1.165, 1.54) is 12.3 Å². The summed E-state index contributed by atoms with van der Waals surface area (Å²) in [6.07, 6.45) is 0.480. The van der Waals surface area contributed by atoms with Gasteiger partial charge in [-0.1, -0.05) is 54.6 Å². The second-order valence-corrected chi connectivity index (χ2v) is 10.7. The Morgan fingerprint density at radius 3 is 2.15 bits per heavy atom. The van der Waals surface area contributed by atoms with E-state index in [1.807, 2.05) is 48.5 Å². The number of aromatic nitrogens is 1. The number of hydrogen-bond donors (Lipinski definition) is 2. The highest BCUT2D eigenvalue weighted by Gasteiger charge is 2.29. The zero-order chi connectivity index (χ0) is 29.6. The van der Waals surface area contributed by atoms with Crippen molar-refractivity contribution < 1.29 is 33.8 Å². The van der Waals surface area contributed by atoms with Crippen LogP contribution in [0.15, 0.2) is 66.9 Å². The second-order valence-electron chi connectivity index (χ2n) is 10.7. The largest absolute Gasteiger partial charge is 0.480 e. The molecule has 1 aliphatic carbocycles. The van der Waals surface area contributed by atoms with Crippen molar-refractivity contribution in [3.8, 4) is 11.1 Å². The van der Waals surface area contributed by atoms with Gasteiger partial charge in [0.25, 0.3) is 0 Å². The van der Waals surface area contributed by atoms with Crippen molar-refractivity contribution in [3.05, 3.63) is 83.6 Å². The molecule has 214 valence electrons. The molecule has 1 aliphatic rings. The van der Waals surface area contributed by atoms with Crippen LogP contribution in [0.25, 0.3) is 11.1 Å². The van der Waals surface area contributed by atoms with Crippen LogP contribution >= 0.6 is 0 Å². The van der Waals surface area contributed by atoms with Crippen molar-refractivity contribution in [3.63, 3.8) is 0 Å². The van der Waals surface area contributed by atoms with E-state index in [1.54, 1.807) is 26.8 Å². The summed E-state index contributed by atoms with van der Waals surface area (Å²) in [6.45, 7) is 4.71. The summed E-state index contributed by atoms with van der Waals surface area (Å²) in [7, 11) is 0. The molecule has 0 atom stereocenters. The van der Waals surface area contributed by atoms with Gasteiger partial charge in [-0.25, -0.2) is 9.78 Å². The Labute approximate surface area is 238 Å². The van der Waals surface area contributed by atoms with Gasteiger partial charge in [-0.3, -0.25) is 19.7 Å². The van der Waals surface area contributed by atoms with Crippen molar-refractivity contribution in [2.45, 2.75) is 45.1 Å². The number of nitrogens with zero attached hydrogens (tertiary/aromatic N) is 2. The maximum absolute atomic E-state index is 12.9. The smallest absolute Gasteiger partial charge is 0.413 e. The van der Waals surface area contributed by atoms with E-state index < -0.39 is 36.1 Å². The van der Waals surface area contributed by atoms with E-state index in [-0.39, 0.29) is 37.7 Å². The van der Waals surface area contributed by atoms with Crippen molar-refractivity contribution in [1.29, 1.82) is 0 Å². The predicted molar refractivity (Wildman–Crippen MR) is 151 cm³/mol. The number of nitrogens with one attached hydrogen (secondary N) is 1. The van der Waals surface area contributed by atoms with Crippen LogP contribution in [0.5, 0.6) is 0 Å². The third kappa shape index (κ3) is 7.91. The number of carbonyl (C=O) groups excluding carboxylic acids is 3. The fourth-order valence-corrected chi connectivity index (χ4v) is 4.67. The molecule has 0 spiro atoms. The Kier molecular flexibility index (Phi) is 9.01. The zero-order valence-corrected chi connectivity index (χ0v) is 23.3. The molecule has 10 nitrogen and oxygen atoms in total. The van der Waals surface area contributed by atoms with Crippen molar-refractivity contribution in [1.82, 2.24) is 9.88 Å². The summed E-state index contributed by atoms with van der Waals surface area (Å²) in [5.41, 5.74) is 4.26. The first-order chi connectivity index (χ1) is 19.5. The Balaban J connectivity index is 1.31. The number of amides is 2. The highest BCUT2D eigenvalue weighted by molar-refractivity contribution is 5.85. The van der Waals surface area contributed by atoms with Crippen LogP contribution in [0.2, 0.25) is 0 Å². The summed E-state index contributed by atoms with van der Waals surface area (Å²) in [6, 6.07) is 19.1. The van der Waals surface area contributed by atoms with Crippen molar-refractivity contribution >= 4 is 29.8 Å². The molecular weight excluding hydrogens is 526 g/mol. The fraction of sp³-hybridized carbons (Fsp3) is 0.323. The van der Waals surface area contributed by atoms with E-state index in [0.717, 1.165) is 27.2 Å². The molecule has 0 fully saturated rings. The van der Waals surface area contributed by atoms with Crippen LogP contribution in [-0.4, -0.2) is 64.2 Å². The number of aliphatic carboxylic acids is 1. The average Bonchev–Trinajstić information content (AvgIpc) is 3.23.